The summed E-state index contributed by atoms with van der Waals surface area (Å²) in [5, 5.41) is 0. The Morgan fingerprint density at radius 3 is 2.40 bits per heavy atom. The van der Waals surface area contributed by atoms with Crippen molar-refractivity contribution in [2.24, 2.45) is 0 Å². The van der Waals surface area contributed by atoms with Gasteiger partial charge in [-0.3, -0.25) is 9.59 Å². The van der Waals surface area contributed by atoms with Crippen LogP contribution in [0, 0.1) is 0 Å². The summed E-state index contributed by atoms with van der Waals surface area (Å²) in [7, 11) is 0. The van der Waals surface area contributed by atoms with Crippen molar-refractivity contribution in [2.45, 2.75) is 24.7 Å². The normalized spacial score (nSPS) is 22.4. The van der Waals surface area contributed by atoms with Gasteiger partial charge >= 0.3 is 5.92 Å². The fraction of sp³-hybridized carbons (Fsp3) is 0.286. The summed E-state index contributed by atoms with van der Waals surface area (Å²) < 4.78 is 55.1. The second-order valence-corrected chi connectivity index (χ2v) is 4.89. The van der Waals surface area contributed by atoms with Gasteiger partial charge in [0.25, 0.3) is 5.92 Å². The molecule has 0 spiro atoms. The van der Waals surface area contributed by atoms with Gasteiger partial charge in [-0.05, 0) is 17.7 Å². The number of Topliss-reactive ketones (excluding diaryl/α,β-unsaturated/α-hetero) is 2. The molecule has 1 aromatic carbocycles. The number of rotatable bonds is 0. The van der Waals surface area contributed by atoms with Gasteiger partial charge in [-0.2, -0.15) is 8.78 Å². The molecule has 20 heavy (non-hydrogen) atoms. The fourth-order valence-corrected chi connectivity index (χ4v) is 2.51. The Labute approximate surface area is 111 Å². The highest BCUT2D eigenvalue weighted by molar-refractivity contribution is 6.15. The number of carbonyl (C=O) groups excluding carboxylic acids is 2. The van der Waals surface area contributed by atoms with Gasteiger partial charge in [0.15, 0.2) is 5.78 Å². The summed E-state index contributed by atoms with van der Waals surface area (Å²) >= 11 is 0. The van der Waals surface area contributed by atoms with E-state index >= 15 is 0 Å². The largest absolute Gasteiger partial charge is 0.331 e. The molecule has 0 saturated carbocycles. The van der Waals surface area contributed by atoms with Crippen LogP contribution in [-0.2, 0) is 16.6 Å². The highest BCUT2D eigenvalue weighted by atomic mass is 19.3. The molecule has 0 atom stereocenters. The molecule has 3 rings (SSSR count). The van der Waals surface area contributed by atoms with Crippen LogP contribution in [0.4, 0.5) is 17.6 Å². The van der Waals surface area contributed by atoms with E-state index in [0.29, 0.717) is 0 Å². The minimum absolute atomic E-state index is 0.0813. The predicted molar refractivity (Wildman–Crippen MR) is 61.8 cm³/mol. The van der Waals surface area contributed by atoms with E-state index in [2.05, 4.69) is 0 Å². The van der Waals surface area contributed by atoms with Crippen LogP contribution in [-0.4, -0.2) is 11.6 Å². The number of carbonyl (C=O) groups is 2. The molecule has 2 aliphatic carbocycles. The Bertz CT molecular complexity index is 674. The molecule has 0 aromatic heterocycles. The number of fused-ring (bicyclic) bond motifs is 2. The number of alkyl halides is 4. The molecule has 0 saturated heterocycles. The van der Waals surface area contributed by atoms with E-state index < -0.39 is 52.9 Å². The third-order valence-electron chi connectivity index (χ3n) is 3.57. The third-order valence-corrected chi connectivity index (χ3v) is 3.57. The summed E-state index contributed by atoms with van der Waals surface area (Å²) in [5.41, 5.74) is -1.79. The van der Waals surface area contributed by atoms with Crippen LogP contribution < -0.4 is 0 Å². The van der Waals surface area contributed by atoms with Crippen molar-refractivity contribution >= 4 is 17.6 Å². The van der Waals surface area contributed by atoms with Crippen molar-refractivity contribution in [3.63, 3.8) is 0 Å². The van der Waals surface area contributed by atoms with Crippen LogP contribution in [0.25, 0.3) is 6.08 Å². The van der Waals surface area contributed by atoms with Gasteiger partial charge in [0.1, 0.15) is 0 Å². The fourth-order valence-electron chi connectivity index (χ4n) is 2.51. The first-order chi connectivity index (χ1) is 9.23. The van der Waals surface area contributed by atoms with Gasteiger partial charge < -0.3 is 0 Å². The molecule has 0 unspecified atom stereocenters. The van der Waals surface area contributed by atoms with E-state index in [1.54, 1.807) is 0 Å². The number of ketones is 2. The van der Waals surface area contributed by atoms with E-state index in [1.807, 2.05) is 0 Å². The summed E-state index contributed by atoms with van der Waals surface area (Å²) in [6.07, 6.45) is 0.981. The third kappa shape index (κ3) is 1.63. The van der Waals surface area contributed by atoms with Gasteiger partial charge in [-0.15, -0.1) is 0 Å². The summed E-state index contributed by atoms with van der Waals surface area (Å²) in [4.78, 5) is 22.9. The number of hydrogen-bond acceptors (Lipinski definition) is 2. The lowest BCUT2D eigenvalue weighted by atomic mass is 9.81. The average Bonchev–Trinajstić information content (AvgIpc) is 2.35. The second-order valence-electron chi connectivity index (χ2n) is 4.89. The predicted octanol–water partition coefficient (Wildman–Crippen LogP) is 3.44. The molecule has 0 aliphatic heterocycles. The van der Waals surface area contributed by atoms with Crippen LogP contribution >= 0.6 is 0 Å². The molecule has 104 valence electrons. The van der Waals surface area contributed by atoms with E-state index in [4.69, 9.17) is 0 Å². The lowest BCUT2D eigenvalue weighted by Crippen LogP contribution is -2.35. The monoisotopic (exact) mass is 284 g/mol. The average molecular weight is 284 g/mol. The van der Waals surface area contributed by atoms with Gasteiger partial charge in [0.05, 0.1) is 6.42 Å². The highest BCUT2D eigenvalue weighted by Crippen LogP contribution is 2.44. The lowest BCUT2D eigenvalue weighted by Gasteiger charge is -2.28. The Kier molecular flexibility index (Phi) is 2.46. The van der Waals surface area contributed by atoms with E-state index in [0.717, 1.165) is 12.1 Å². The molecule has 0 radical (unpaired) electrons. The van der Waals surface area contributed by atoms with E-state index in [9.17, 15) is 27.2 Å². The maximum absolute atomic E-state index is 13.8. The lowest BCUT2D eigenvalue weighted by molar-refractivity contribution is -0.144. The molecule has 2 nitrogen and oxygen atoms in total. The molecule has 0 fully saturated rings. The van der Waals surface area contributed by atoms with E-state index in [-0.39, 0.29) is 5.56 Å². The standard InChI is InChI=1S/C14H8F4O2/c15-13(16)3-1-2-7-4-10-8(5-9(7)13)11(19)6-12(20)14(10,17)18/h1-2,4-5H,3,6H2. The van der Waals surface area contributed by atoms with Gasteiger partial charge in [0, 0.05) is 23.1 Å². The van der Waals surface area contributed by atoms with E-state index in [1.165, 1.54) is 12.2 Å². The van der Waals surface area contributed by atoms with Crippen molar-refractivity contribution in [3.8, 4) is 0 Å². The Balaban J connectivity index is 2.30. The summed E-state index contributed by atoms with van der Waals surface area (Å²) in [6, 6.07) is 1.63. The molecule has 0 heterocycles. The highest BCUT2D eigenvalue weighted by Gasteiger charge is 2.49. The molecule has 0 N–H and O–H groups in total. The van der Waals surface area contributed by atoms with Crippen LogP contribution in [0.3, 0.4) is 0 Å². The molecule has 0 amide bonds. The number of halogens is 4. The molecule has 2 aliphatic rings. The number of allylic oxidation sites excluding steroid dienone is 1. The Morgan fingerprint density at radius 1 is 1.00 bits per heavy atom. The smallest absolute Gasteiger partial charge is 0.294 e. The molecular weight excluding hydrogens is 276 g/mol. The summed E-state index contributed by atoms with van der Waals surface area (Å²) in [6.45, 7) is 0. The SMILES string of the molecule is O=C1CC(=O)C(F)(F)c2cc3c(cc21)C(F)(F)CC=C3. The first kappa shape index (κ1) is 13.0. The first-order valence-corrected chi connectivity index (χ1v) is 5.91. The zero-order chi connectivity index (χ0) is 14.7. The van der Waals surface area contributed by atoms with Gasteiger partial charge in [-0.25, -0.2) is 8.78 Å². The first-order valence-electron chi connectivity index (χ1n) is 5.91. The Hall–Kier alpha value is -1.98. The maximum atomic E-state index is 13.8. The van der Waals surface area contributed by atoms with Crippen molar-refractivity contribution in [3.05, 3.63) is 40.5 Å². The van der Waals surface area contributed by atoms with Gasteiger partial charge in [-0.1, -0.05) is 12.2 Å². The molecule has 6 heteroatoms. The van der Waals surface area contributed by atoms with Crippen LogP contribution in [0.1, 0.15) is 39.9 Å². The van der Waals surface area contributed by atoms with Crippen LogP contribution in [0.5, 0.6) is 0 Å². The second kappa shape index (κ2) is 3.77. The number of benzene rings is 1. The zero-order valence-electron chi connectivity index (χ0n) is 10.1. The topological polar surface area (TPSA) is 34.1 Å². The number of hydrogen-bond donors (Lipinski definition) is 0. The zero-order valence-corrected chi connectivity index (χ0v) is 10.1. The maximum Gasteiger partial charge on any atom is 0.331 e. The van der Waals surface area contributed by atoms with Crippen LogP contribution in [0.2, 0.25) is 0 Å². The molecule has 0 bridgehead atoms. The molecule has 1 aromatic rings. The minimum Gasteiger partial charge on any atom is -0.294 e. The minimum atomic E-state index is -3.81. The van der Waals surface area contributed by atoms with Crippen molar-refractivity contribution in [1.82, 2.24) is 0 Å². The van der Waals surface area contributed by atoms with Gasteiger partial charge in [0.2, 0.25) is 5.78 Å². The van der Waals surface area contributed by atoms with Crippen molar-refractivity contribution < 1.29 is 27.2 Å². The summed E-state index contributed by atoms with van der Waals surface area (Å²) in [5.74, 6) is -9.35. The molecular formula is C14H8F4O2. The quantitative estimate of drug-likeness (QED) is 0.540. The van der Waals surface area contributed by atoms with Crippen LogP contribution in [0.15, 0.2) is 18.2 Å². The Morgan fingerprint density at radius 2 is 1.70 bits per heavy atom. The van der Waals surface area contributed by atoms with Crippen molar-refractivity contribution in [1.29, 1.82) is 0 Å². The van der Waals surface area contributed by atoms with Crippen molar-refractivity contribution in [2.75, 3.05) is 0 Å².